The van der Waals surface area contributed by atoms with Gasteiger partial charge in [-0.15, -0.1) is 0 Å². The molecule has 0 aromatic heterocycles. The van der Waals surface area contributed by atoms with Gasteiger partial charge in [-0.25, -0.2) is 0 Å². The van der Waals surface area contributed by atoms with E-state index in [-0.39, 0.29) is 24.9 Å². The zero-order valence-corrected chi connectivity index (χ0v) is 21.1. The normalized spacial score (nSPS) is 17.0. The number of carbonyl (C=O) groups excluding carboxylic acids is 2. The first kappa shape index (κ1) is 25.7. The number of aliphatic hydroxyl groups is 1. The van der Waals surface area contributed by atoms with Crippen LogP contribution >= 0.6 is 11.6 Å². The maximum absolute atomic E-state index is 14.0. The Morgan fingerprint density at radius 1 is 1.06 bits per heavy atom. The summed E-state index contributed by atoms with van der Waals surface area (Å²) < 4.78 is 5.53. The molecule has 1 fully saturated rings. The molecule has 0 spiro atoms. The molecule has 1 aliphatic heterocycles. The fourth-order valence-corrected chi connectivity index (χ4v) is 5.07. The predicted octanol–water partition coefficient (Wildman–Crippen LogP) is 5.84. The van der Waals surface area contributed by atoms with Crippen LogP contribution in [0.2, 0.25) is 0 Å². The van der Waals surface area contributed by atoms with E-state index in [1.54, 1.807) is 42.5 Å². The minimum Gasteiger partial charge on any atom is -0.491 e. The Labute approximate surface area is 216 Å². The summed E-state index contributed by atoms with van der Waals surface area (Å²) >= 11 is 6.43. The van der Waals surface area contributed by atoms with Crippen molar-refractivity contribution in [1.82, 2.24) is 5.32 Å². The van der Waals surface area contributed by atoms with Crippen molar-refractivity contribution in [2.45, 2.75) is 39.0 Å². The van der Waals surface area contributed by atoms with Crippen LogP contribution in [-0.2, 0) is 4.74 Å². The Morgan fingerprint density at radius 2 is 1.78 bits per heavy atom. The highest BCUT2D eigenvalue weighted by Crippen LogP contribution is 2.45. The number of benzene rings is 2. The third-order valence-corrected chi connectivity index (χ3v) is 6.95. The number of hydrogen-bond donors (Lipinski definition) is 3. The molecule has 0 bridgehead atoms. The Bertz CT molecular complexity index is 1210. The number of allylic oxidation sites excluding steroid dienone is 4. The van der Waals surface area contributed by atoms with Gasteiger partial charge in [0.05, 0.1) is 12.0 Å². The van der Waals surface area contributed by atoms with Crippen LogP contribution in [0.3, 0.4) is 0 Å². The summed E-state index contributed by atoms with van der Waals surface area (Å²) in [6, 6.07) is 14.5. The van der Waals surface area contributed by atoms with Crippen LogP contribution in [0, 0.1) is 12.3 Å². The number of aryl methyl sites for hydroxylation is 1. The van der Waals surface area contributed by atoms with Crippen molar-refractivity contribution in [2.75, 3.05) is 18.5 Å². The highest BCUT2D eigenvalue weighted by Gasteiger charge is 2.43. The molecule has 1 saturated carbocycles. The van der Waals surface area contributed by atoms with Crippen molar-refractivity contribution in [1.29, 1.82) is 0 Å². The topological polar surface area (TPSA) is 87.7 Å². The van der Waals surface area contributed by atoms with E-state index in [0.717, 1.165) is 30.5 Å². The van der Waals surface area contributed by atoms with E-state index in [2.05, 4.69) is 10.6 Å². The van der Waals surface area contributed by atoms with Crippen molar-refractivity contribution in [3.8, 4) is 0 Å². The average Bonchev–Trinajstić information content (AvgIpc) is 3.09. The van der Waals surface area contributed by atoms with Gasteiger partial charge in [0.25, 0.3) is 5.91 Å². The Morgan fingerprint density at radius 3 is 2.47 bits per heavy atom. The molecule has 36 heavy (non-hydrogen) atoms. The monoisotopic (exact) mass is 506 g/mol. The van der Waals surface area contributed by atoms with Crippen molar-refractivity contribution in [3.05, 3.63) is 100 Å². The zero-order valence-electron chi connectivity index (χ0n) is 20.4. The molecule has 6 nitrogen and oxygen atoms in total. The maximum atomic E-state index is 14.0. The fourth-order valence-electron chi connectivity index (χ4n) is 4.86. The molecule has 0 unspecified atom stereocenters. The van der Waals surface area contributed by atoms with Gasteiger partial charge in [-0.1, -0.05) is 49.1 Å². The lowest BCUT2D eigenvalue weighted by Crippen LogP contribution is -2.40. The lowest BCUT2D eigenvalue weighted by atomic mass is 9.67. The number of ether oxygens (including phenoxy) is 1. The molecule has 7 heteroatoms. The van der Waals surface area contributed by atoms with Crippen LogP contribution in [0.1, 0.15) is 58.4 Å². The number of amides is 1. The molecule has 1 amide bonds. The standard InChI is InChI=1S/C29H31ClN2O4/c1-20-7-3-4-8-24(20)28(35)31-22-11-9-21(10-12-22)27(34)29(15-5-2-6-16-29)25-14-13-23(36-18-17-33)19-26(30)32-25/h3-4,7-14,19,32-33H,2,5-6,15-18H2,1H3,(H,31,35). The molecule has 2 aromatic carbocycles. The molecule has 2 aliphatic rings. The molecule has 1 aliphatic carbocycles. The van der Waals surface area contributed by atoms with Gasteiger partial charge in [0.2, 0.25) is 0 Å². The van der Waals surface area contributed by atoms with Gasteiger partial charge in [-0.3, -0.25) is 9.59 Å². The number of Topliss-reactive ketones (excluding diaryl/α,β-unsaturated/α-hetero) is 1. The largest absolute Gasteiger partial charge is 0.491 e. The highest BCUT2D eigenvalue weighted by molar-refractivity contribution is 6.29. The SMILES string of the molecule is Cc1ccccc1C(=O)Nc1ccc(C(=O)C2(C3=CC=C(OCCO)C=C(Cl)N3)CCCCC2)cc1. The first-order chi connectivity index (χ1) is 17.4. The van der Waals surface area contributed by atoms with Crippen LogP contribution in [0.5, 0.6) is 0 Å². The van der Waals surface area contributed by atoms with Crippen LogP contribution < -0.4 is 10.6 Å². The van der Waals surface area contributed by atoms with Crippen LogP contribution in [0.4, 0.5) is 5.69 Å². The van der Waals surface area contributed by atoms with Crippen molar-refractivity contribution < 1.29 is 19.4 Å². The molecule has 3 N–H and O–H groups in total. The third-order valence-electron chi connectivity index (χ3n) is 6.75. The highest BCUT2D eigenvalue weighted by atomic mass is 35.5. The fraction of sp³-hybridized carbons (Fsp3) is 0.310. The number of ketones is 1. The second-order valence-corrected chi connectivity index (χ2v) is 9.56. The summed E-state index contributed by atoms with van der Waals surface area (Å²) in [5.41, 5.74) is 2.74. The molecule has 0 atom stereocenters. The summed E-state index contributed by atoms with van der Waals surface area (Å²) in [5.74, 6) is 0.357. The van der Waals surface area contributed by atoms with E-state index in [1.807, 2.05) is 31.2 Å². The van der Waals surface area contributed by atoms with E-state index < -0.39 is 5.41 Å². The second kappa shape index (κ2) is 11.6. The summed E-state index contributed by atoms with van der Waals surface area (Å²) in [4.78, 5) is 26.7. The van der Waals surface area contributed by atoms with Gasteiger partial charge in [-0.05, 0) is 67.8 Å². The summed E-state index contributed by atoms with van der Waals surface area (Å²) in [6.07, 6.45) is 9.66. The van der Waals surface area contributed by atoms with Gasteiger partial charge >= 0.3 is 0 Å². The van der Waals surface area contributed by atoms with E-state index >= 15 is 0 Å². The van der Waals surface area contributed by atoms with Crippen LogP contribution in [-0.4, -0.2) is 30.0 Å². The van der Waals surface area contributed by atoms with E-state index in [0.29, 0.717) is 40.6 Å². The number of carbonyl (C=O) groups is 2. The Kier molecular flexibility index (Phi) is 8.28. The lowest BCUT2D eigenvalue weighted by Gasteiger charge is -2.38. The van der Waals surface area contributed by atoms with E-state index in [4.69, 9.17) is 21.4 Å². The van der Waals surface area contributed by atoms with Crippen LogP contribution in [0.15, 0.2) is 83.4 Å². The smallest absolute Gasteiger partial charge is 0.255 e. The first-order valence-electron chi connectivity index (χ1n) is 12.3. The first-order valence-corrected chi connectivity index (χ1v) is 12.6. The molecule has 4 rings (SSSR count). The van der Waals surface area contributed by atoms with Gasteiger partial charge in [-0.2, -0.15) is 0 Å². The summed E-state index contributed by atoms with van der Waals surface area (Å²) in [5, 5.41) is 15.6. The van der Waals surface area contributed by atoms with Crippen LogP contribution in [0.25, 0.3) is 0 Å². The summed E-state index contributed by atoms with van der Waals surface area (Å²) in [7, 11) is 0. The quantitative estimate of drug-likeness (QED) is 0.309. The minimum absolute atomic E-state index is 0.0234. The number of anilines is 1. The van der Waals surface area contributed by atoms with Gasteiger partial charge in [0.15, 0.2) is 5.78 Å². The van der Waals surface area contributed by atoms with Gasteiger partial charge < -0.3 is 20.5 Å². The minimum atomic E-state index is -0.735. The lowest BCUT2D eigenvalue weighted by molar-refractivity contribution is 0.0772. The number of nitrogens with one attached hydrogen (secondary N) is 2. The number of hydrogen-bond acceptors (Lipinski definition) is 5. The molecule has 0 saturated heterocycles. The molecule has 1 heterocycles. The Hall–Kier alpha value is -3.35. The van der Waals surface area contributed by atoms with Crippen molar-refractivity contribution >= 4 is 29.0 Å². The van der Waals surface area contributed by atoms with E-state index in [9.17, 15) is 9.59 Å². The zero-order chi connectivity index (χ0) is 25.5. The molecule has 188 valence electrons. The van der Waals surface area contributed by atoms with Gasteiger partial charge in [0, 0.05) is 28.6 Å². The molecule has 0 radical (unpaired) electrons. The Balaban J connectivity index is 1.57. The van der Waals surface area contributed by atoms with E-state index in [1.165, 1.54) is 0 Å². The molecule has 2 aromatic rings. The predicted molar refractivity (Wildman–Crippen MR) is 142 cm³/mol. The maximum Gasteiger partial charge on any atom is 0.255 e. The van der Waals surface area contributed by atoms with Gasteiger partial charge in [0.1, 0.15) is 17.5 Å². The third kappa shape index (κ3) is 5.72. The van der Waals surface area contributed by atoms with Crippen molar-refractivity contribution in [3.63, 3.8) is 0 Å². The average molecular weight is 507 g/mol. The number of aliphatic hydroxyl groups excluding tert-OH is 1. The molecular formula is C29H31ClN2O4. The number of rotatable bonds is 8. The van der Waals surface area contributed by atoms with Crippen molar-refractivity contribution in [2.24, 2.45) is 5.41 Å². The number of halogens is 1. The summed E-state index contributed by atoms with van der Waals surface area (Å²) in [6.45, 7) is 1.96. The molecular weight excluding hydrogens is 476 g/mol. The second-order valence-electron chi connectivity index (χ2n) is 9.16.